The Hall–Kier alpha value is -3.65. The van der Waals surface area contributed by atoms with E-state index in [1.165, 1.54) is 12.1 Å². The number of primary amides is 1. The largest absolute Gasteiger partial charge is 0.366 e. The predicted molar refractivity (Wildman–Crippen MR) is 98.2 cm³/mol. The first-order valence-electron chi connectivity index (χ1n) is 8.08. The SMILES string of the molecule is N#Cc1ccc(Cn2c3cc(F)ccc3c3c(C(N)=O)cccc32)cc1. The first-order valence-corrected chi connectivity index (χ1v) is 8.08. The minimum atomic E-state index is -0.516. The molecule has 5 heteroatoms. The quantitative estimate of drug-likeness (QED) is 0.612. The predicted octanol–water partition coefficient (Wildman–Crippen LogP) is 3.95. The monoisotopic (exact) mass is 343 g/mol. The van der Waals surface area contributed by atoms with Crippen LogP contribution in [-0.2, 0) is 6.54 Å². The molecule has 1 aromatic heterocycles. The summed E-state index contributed by atoms with van der Waals surface area (Å²) in [5.41, 5.74) is 9.01. The van der Waals surface area contributed by atoms with Gasteiger partial charge in [0.1, 0.15) is 5.82 Å². The second kappa shape index (κ2) is 6.01. The molecule has 4 rings (SSSR count). The third-order valence-electron chi connectivity index (χ3n) is 4.54. The molecular weight excluding hydrogens is 329 g/mol. The minimum absolute atomic E-state index is 0.345. The molecule has 0 saturated carbocycles. The molecule has 0 radical (unpaired) electrons. The lowest BCUT2D eigenvalue weighted by atomic mass is 10.1. The minimum Gasteiger partial charge on any atom is -0.366 e. The molecule has 26 heavy (non-hydrogen) atoms. The van der Waals surface area contributed by atoms with Crippen LogP contribution in [0.15, 0.2) is 60.7 Å². The van der Waals surface area contributed by atoms with Gasteiger partial charge in [0, 0.05) is 22.9 Å². The van der Waals surface area contributed by atoms with Crippen LogP contribution < -0.4 is 5.73 Å². The Morgan fingerprint density at radius 1 is 1.08 bits per heavy atom. The van der Waals surface area contributed by atoms with Gasteiger partial charge < -0.3 is 10.3 Å². The van der Waals surface area contributed by atoms with Crippen molar-refractivity contribution < 1.29 is 9.18 Å². The third kappa shape index (κ3) is 2.49. The van der Waals surface area contributed by atoms with Crippen LogP contribution in [0.4, 0.5) is 4.39 Å². The van der Waals surface area contributed by atoms with Crippen molar-refractivity contribution in [2.45, 2.75) is 6.54 Å². The second-order valence-electron chi connectivity index (χ2n) is 6.12. The highest BCUT2D eigenvalue weighted by molar-refractivity contribution is 6.17. The zero-order valence-electron chi connectivity index (χ0n) is 13.7. The van der Waals surface area contributed by atoms with Crippen molar-refractivity contribution in [2.24, 2.45) is 5.73 Å². The molecule has 0 unspecified atom stereocenters. The molecule has 1 amide bonds. The number of nitrogens with two attached hydrogens (primary N) is 1. The molecule has 0 aliphatic rings. The molecule has 0 spiro atoms. The Kier molecular flexibility index (Phi) is 3.67. The number of benzene rings is 3. The maximum atomic E-state index is 13.9. The zero-order chi connectivity index (χ0) is 18.3. The van der Waals surface area contributed by atoms with Gasteiger partial charge in [0.2, 0.25) is 5.91 Å². The number of nitriles is 1. The topological polar surface area (TPSA) is 71.8 Å². The van der Waals surface area contributed by atoms with Gasteiger partial charge in [-0.25, -0.2) is 4.39 Å². The summed E-state index contributed by atoms with van der Waals surface area (Å²) in [6.07, 6.45) is 0. The molecule has 0 aliphatic heterocycles. The van der Waals surface area contributed by atoms with Gasteiger partial charge in [-0.3, -0.25) is 4.79 Å². The van der Waals surface area contributed by atoms with Crippen molar-refractivity contribution in [2.75, 3.05) is 0 Å². The summed E-state index contributed by atoms with van der Waals surface area (Å²) in [6.45, 7) is 0.484. The average molecular weight is 343 g/mol. The highest BCUT2D eigenvalue weighted by Gasteiger charge is 2.17. The summed E-state index contributed by atoms with van der Waals surface area (Å²) < 4.78 is 15.9. The number of carbonyl (C=O) groups is 1. The second-order valence-corrected chi connectivity index (χ2v) is 6.12. The molecule has 1 heterocycles. The van der Waals surface area contributed by atoms with Crippen LogP contribution in [0.5, 0.6) is 0 Å². The van der Waals surface area contributed by atoms with Crippen LogP contribution in [0.3, 0.4) is 0 Å². The molecule has 0 bridgehead atoms. The number of amides is 1. The standard InChI is InChI=1S/C21H14FN3O/c22-15-8-9-16-19(10-15)25(12-14-6-4-13(11-23)5-7-14)18-3-1-2-17(20(16)18)21(24)26/h1-10H,12H2,(H2,24,26). The molecule has 3 aromatic carbocycles. The lowest BCUT2D eigenvalue weighted by Gasteiger charge is -2.08. The highest BCUT2D eigenvalue weighted by Crippen LogP contribution is 2.32. The van der Waals surface area contributed by atoms with Crippen LogP contribution in [0.2, 0.25) is 0 Å². The van der Waals surface area contributed by atoms with Crippen LogP contribution in [0.25, 0.3) is 21.8 Å². The first-order chi connectivity index (χ1) is 12.6. The van der Waals surface area contributed by atoms with E-state index in [4.69, 9.17) is 11.0 Å². The van der Waals surface area contributed by atoms with Gasteiger partial charge in [-0.05, 0) is 48.0 Å². The van der Waals surface area contributed by atoms with Gasteiger partial charge in [0.25, 0.3) is 0 Å². The van der Waals surface area contributed by atoms with Gasteiger partial charge in [0.05, 0.1) is 22.7 Å². The Labute approximate surface area is 148 Å². The molecule has 4 nitrogen and oxygen atoms in total. The molecule has 2 N–H and O–H groups in total. The first kappa shape index (κ1) is 15.9. The number of aromatic nitrogens is 1. The van der Waals surface area contributed by atoms with E-state index in [-0.39, 0.29) is 5.82 Å². The summed E-state index contributed by atoms with van der Waals surface area (Å²) in [6, 6.07) is 19.2. The van der Waals surface area contributed by atoms with E-state index in [9.17, 15) is 9.18 Å². The molecule has 0 atom stereocenters. The van der Waals surface area contributed by atoms with Gasteiger partial charge in [0.15, 0.2) is 0 Å². The lowest BCUT2D eigenvalue weighted by molar-refractivity contribution is 0.100. The van der Waals surface area contributed by atoms with Crippen molar-refractivity contribution >= 4 is 27.7 Å². The fourth-order valence-corrected chi connectivity index (χ4v) is 3.36. The van der Waals surface area contributed by atoms with E-state index in [1.54, 1.807) is 30.3 Å². The summed E-state index contributed by atoms with van der Waals surface area (Å²) in [7, 11) is 0. The molecule has 0 saturated heterocycles. The molecule has 0 aliphatic carbocycles. The number of carbonyl (C=O) groups excluding carboxylic acids is 1. The molecule has 126 valence electrons. The van der Waals surface area contributed by atoms with Crippen molar-refractivity contribution in [3.63, 3.8) is 0 Å². The number of nitrogens with zero attached hydrogens (tertiary/aromatic N) is 2. The zero-order valence-corrected chi connectivity index (χ0v) is 13.7. The molecule has 0 fully saturated rings. The maximum Gasteiger partial charge on any atom is 0.249 e. The summed E-state index contributed by atoms with van der Waals surface area (Å²) in [5.74, 6) is -0.862. The lowest BCUT2D eigenvalue weighted by Crippen LogP contribution is -2.11. The van der Waals surface area contributed by atoms with Crippen molar-refractivity contribution in [1.29, 1.82) is 5.26 Å². The van der Waals surface area contributed by atoms with E-state index in [2.05, 4.69) is 6.07 Å². The van der Waals surface area contributed by atoms with Crippen LogP contribution in [0, 0.1) is 17.1 Å². The Morgan fingerprint density at radius 2 is 1.85 bits per heavy atom. The Balaban J connectivity index is 2.00. The normalized spacial score (nSPS) is 10.9. The van der Waals surface area contributed by atoms with Gasteiger partial charge in [-0.15, -0.1) is 0 Å². The summed E-state index contributed by atoms with van der Waals surface area (Å²) >= 11 is 0. The Morgan fingerprint density at radius 3 is 2.54 bits per heavy atom. The van der Waals surface area contributed by atoms with Crippen molar-refractivity contribution in [1.82, 2.24) is 4.57 Å². The molecular formula is C21H14FN3O. The Bertz CT molecular complexity index is 1200. The van der Waals surface area contributed by atoms with E-state index >= 15 is 0 Å². The highest BCUT2D eigenvalue weighted by atomic mass is 19.1. The number of halogens is 1. The smallest absolute Gasteiger partial charge is 0.249 e. The molecule has 4 aromatic rings. The van der Waals surface area contributed by atoms with Gasteiger partial charge >= 0.3 is 0 Å². The summed E-state index contributed by atoms with van der Waals surface area (Å²) in [5, 5.41) is 10.4. The van der Waals surface area contributed by atoms with Crippen LogP contribution in [-0.4, -0.2) is 10.5 Å². The van der Waals surface area contributed by atoms with Gasteiger partial charge in [-0.1, -0.05) is 18.2 Å². The fraction of sp³-hybridized carbons (Fsp3) is 0.0476. The van der Waals surface area contributed by atoms with E-state index in [0.29, 0.717) is 23.2 Å². The van der Waals surface area contributed by atoms with Crippen molar-refractivity contribution in [3.05, 3.63) is 83.2 Å². The number of hydrogen-bond acceptors (Lipinski definition) is 2. The van der Waals surface area contributed by atoms with E-state index in [1.807, 2.05) is 22.8 Å². The maximum absolute atomic E-state index is 13.9. The van der Waals surface area contributed by atoms with Crippen LogP contribution in [0.1, 0.15) is 21.5 Å². The summed E-state index contributed by atoms with van der Waals surface area (Å²) in [4.78, 5) is 11.9. The van der Waals surface area contributed by atoms with Crippen LogP contribution >= 0.6 is 0 Å². The van der Waals surface area contributed by atoms with E-state index in [0.717, 1.165) is 21.9 Å². The third-order valence-corrected chi connectivity index (χ3v) is 4.54. The van der Waals surface area contributed by atoms with Crippen molar-refractivity contribution in [3.8, 4) is 6.07 Å². The number of fused-ring (bicyclic) bond motifs is 3. The fourth-order valence-electron chi connectivity index (χ4n) is 3.36. The average Bonchev–Trinajstić information content (AvgIpc) is 2.95. The number of rotatable bonds is 3. The number of hydrogen-bond donors (Lipinski definition) is 1. The van der Waals surface area contributed by atoms with E-state index < -0.39 is 5.91 Å². The van der Waals surface area contributed by atoms with Gasteiger partial charge in [-0.2, -0.15) is 5.26 Å².